The molecule has 0 radical (unpaired) electrons. The van der Waals surface area contributed by atoms with Crippen molar-refractivity contribution in [3.8, 4) is 11.3 Å². The van der Waals surface area contributed by atoms with Crippen molar-refractivity contribution in [1.82, 2.24) is 34.3 Å². The lowest BCUT2D eigenvalue weighted by molar-refractivity contribution is 0.713. The van der Waals surface area contributed by atoms with Crippen molar-refractivity contribution in [2.75, 3.05) is 18.9 Å². The highest BCUT2D eigenvalue weighted by molar-refractivity contribution is 7.10. The number of nitrogens with zero attached hydrogens (tertiary/aromatic N) is 5. The van der Waals surface area contributed by atoms with Crippen molar-refractivity contribution in [3.05, 3.63) is 42.2 Å². The van der Waals surface area contributed by atoms with Gasteiger partial charge in [0.2, 0.25) is 0 Å². The zero-order valence-corrected chi connectivity index (χ0v) is 15.5. The first-order valence-electron chi connectivity index (χ1n) is 8.45. The highest BCUT2D eigenvalue weighted by atomic mass is 32.1. The van der Waals surface area contributed by atoms with Crippen molar-refractivity contribution in [2.45, 2.75) is 19.8 Å². The highest BCUT2D eigenvalue weighted by Crippen LogP contribution is 2.28. The molecule has 0 aliphatic heterocycles. The van der Waals surface area contributed by atoms with E-state index in [2.05, 4.69) is 40.8 Å². The average Bonchev–Trinajstić information content (AvgIpc) is 3.36. The maximum absolute atomic E-state index is 4.82. The van der Waals surface area contributed by atoms with Crippen LogP contribution < -0.4 is 10.6 Å². The van der Waals surface area contributed by atoms with Gasteiger partial charge in [0.25, 0.3) is 0 Å². The second kappa shape index (κ2) is 7.22. The molecule has 0 amide bonds. The van der Waals surface area contributed by atoms with E-state index in [-0.39, 0.29) is 0 Å². The molecule has 0 spiro atoms. The third-order valence-corrected chi connectivity index (χ3v) is 4.99. The van der Waals surface area contributed by atoms with Gasteiger partial charge in [0, 0.05) is 29.7 Å². The van der Waals surface area contributed by atoms with Crippen LogP contribution in [-0.2, 0) is 6.42 Å². The molecule has 4 rings (SSSR count). The summed E-state index contributed by atoms with van der Waals surface area (Å²) in [6, 6.07) is 0. The van der Waals surface area contributed by atoms with Gasteiger partial charge in [0.15, 0.2) is 11.5 Å². The zero-order chi connectivity index (χ0) is 17.9. The summed E-state index contributed by atoms with van der Waals surface area (Å²) >= 11 is 1.42. The molecule has 3 N–H and O–H groups in total. The Bertz CT molecular complexity index is 1000. The molecule has 4 aromatic rings. The lowest BCUT2D eigenvalue weighted by atomic mass is 10.2. The number of anilines is 2. The Morgan fingerprint density at radius 3 is 2.92 bits per heavy atom. The predicted molar refractivity (Wildman–Crippen MR) is 103 cm³/mol. The fraction of sp³-hybridized carbons (Fsp3) is 0.294. The second-order valence-electron chi connectivity index (χ2n) is 6.07. The maximum Gasteiger partial charge on any atom is 0.180 e. The molecular formula is C17H20N8S. The topological polar surface area (TPSA) is 95.8 Å². The standard InChI is InChI=1S/C17H20N8S/c1-11-6-22-26-17(11)24-15-16-19-9-14(12-7-20-21-8-12)25(16)10-13(23-15)4-3-5-18-2/h6-10,18H,3-5H2,1-2H3,(H,20,21)(H,23,24). The fourth-order valence-corrected chi connectivity index (χ4v) is 3.47. The van der Waals surface area contributed by atoms with Crippen LogP contribution >= 0.6 is 11.5 Å². The van der Waals surface area contributed by atoms with Crippen LogP contribution in [0.3, 0.4) is 0 Å². The second-order valence-corrected chi connectivity index (χ2v) is 6.88. The SMILES string of the molecule is CNCCCc1cn2c(-c3cn[nH]c3)cnc2c(Nc2sncc2C)n1. The van der Waals surface area contributed by atoms with E-state index in [0.29, 0.717) is 0 Å². The van der Waals surface area contributed by atoms with E-state index < -0.39 is 0 Å². The smallest absolute Gasteiger partial charge is 0.180 e. The number of aromatic amines is 1. The summed E-state index contributed by atoms with van der Waals surface area (Å²) < 4.78 is 6.31. The van der Waals surface area contributed by atoms with Crippen molar-refractivity contribution in [2.24, 2.45) is 0 Å². The minimum absolute atomic E-state index is 0.744. The van der Waals surface area contributed by atoms with Crippen LogP contribution in [0, 0.1) is 6.92 Å². The molecule has 134 valence electrons. The van der Waals surface area contributed by atoms with E-state index in [1.54, 1.807) is 6.20 Å². The molecule has 0 saturated carbocycles. The summed E-state index contributed by atoms with van der Waals surface area (Å²) in [5.41, 5.74) is 4.86. The molecule has 0 saturated heterocycles. The molecule has 0 atom stereocenters. The summed E-state index contributed by atoms with van der Waals surface area (Å²) in [5, 5.41) is 14.5. The first-order valence-corrected chi connectivity index (χ1v) is 9.22. The molecule has 0 unspecified atom stereocenters. The Hall–Kier alpha value is -2.78. The lowest BCUT2D eigenvalue weighted by Crippen LogP contribution is -2.10. The summed E-state index contributed by atoms with van der Waals surface area (Å²) in [6.07, 6.45) is 11.3. The first kappa shape index (κ1) is 16.7. The van der Waals surface area contributed by atoms with Gasteiger partial charge in [-0.2, -0.15) is 9.47 Å². The Morgan fingerprint density at radius 2 is 2.19 bits per heavy atom. The van der Waals surface area contributed by atoms with Gasteiger partial charge >= 0.3 is 0 Å². The zero-order valence-electron chi connectivity index (χ0n) is 14.7. The Balaban J connectivity index is 1.79. The van der Waals surface area contributed by atoms with Crippen molar-refractivity contribution in [1.29, 1.82) is 0 Å². The number of hydrogen-bond donors (Lipinski definition) is 3. The summed E-state index contributed by atoms with van der Waals surface area (Å²) in [4.78, 5) is 9.41. The summed E-state index contributed by atoms with van der Waals surface area (Å²) in [6.45, 7) is 2.98. The number of fused-ring (bicyclic) bond motifs is 1. The monoisotopic (exact) mass is 368 g/mol. The molecule has 0 aromatic carbocycles. The third-order valence-electron chi connectivity index (χ3n) is 4.18. The Kier molecular flexibility index (Phi) is 4.63. The predicted octanol–water partition coefficient (Wildman–Crippen LogP) is 2.78. The molecule has 4 aromatic heterocycles. The number of H-pyrrole nitrogens is 1. The molecule has 0 aliphatic rings. The van der Waals surface area contributed by atoms with Crippen LogP contribution in [0.5, 0.6) is 0 Å². The van der Waals surface area contributed by atoms with Gasteiger partial charge in [0.05, 0.1) is 23.8 Å². The highest BCUT2D eigenvalue weighted by Gasteiger charge is 2.15. The number of rotatable bonds is 7. The van der Waals surface area contributed by atoms with Crippen LogP contribution in [0.2, 0.25) is 0 Å². The minimum Gasteiger partial charge on any atom is -0.327 e. The Morgan fingerprint density at radius 1 is 1.27 bits per heavy atom. The Labute approximate surface area is 154 Å². The van der Waals surface area contributed by atoms with Gasteiger partial charge in [-0.1, -0.05) is 0 Å². The molecule has 26 heavy (non-hydrogen) atoms. The molecule has 9 heteroatoms. The lowest BCUT2D eigenvalue weighted by Gasteiger charge is -2.10. The van der Waals surface area contributed by atoms with Crippen molar-refractivity contribution >= 4 is 28.0 Å². The first-order chi connectivity index (χ1) is 12.8. The van der Waals surface area contributed by atoms with Gasteiger partial charge in [0.1, 0.15) is 5.00 Å². The van der Waals surface area contributed by atoms with Gasteiger partial charge < -0.3 is 10.6 Å². The van der Waals surface area contributed by atoms with E-state index in [1.165, 1.54) is 11.5 Å². The van der Waals surface area contributed by atoms with Crippen molar-refractivity contribution < 1.29 is 0 Å². The quantitative estimate of drug-likeness (QED) is 0.434. The largest absolute Gasteiger partial charge is 0.327 e. The summed E-state index contributed by atoms with van der Waals surface area (Å²) in [7, 11) is 1.96. The van der Waals surface area contributed by atoms with E-state index >= 15 is 0 Å². The van der Waals surface area contributed by atoms with Crippen LogP contribution in [0.1, 0.15) is 17.7 Å². The molecular weight excluding hydrogens is 348 g/mol. The molecule has 8 nitrogen and oxygen atoms in total. The van der Waals surface area contributed by atoms with Gasteiger partial charge in [-0.05, 0) is 44.9 Å². The van der Waals surface area contributed by atoms with Crippen LogP contribution in [0.15, 0.2) is 31.0 Å². The van der Waals surface area contributed by atoms with E-state index in [0.717, 1.165) is 58.4 Å². The van der Waals surface area contributed by atoms with Crippen LogP contribution in [0.4, 0.5) is 10.8 Å². The van der Waals surface area contributed by atoms with Gasteiger partial charge in [-0.15, -0.1) is 0 Å². The van der Waals surface area contributed by atoms with E-state index in [9.17, 15) is 0 Å². The fourth-order valence-electron chi connectivity index (χ4n) is 2.81. The maximum atomic E-state index is 4.82. The van der Waals surface area contributed by atoms with Crippen LogP contribution in [0.25, 0.3) is 16.9 Å². The van der Waals surface area contributed by atoms with E-state index in [4.69, 9.17) is 4.98 Å². The number of nitrogens with one attached hydrogen (secondary N) is 3. The van der Waals surface area contributed by atoms with E-state index in [1.807, 2.05) is 32.6 Å². The van der Waals surface area contributed by atoms with Gasteiger partial charge in [-0.3, -0.25) is 9.50 Å². The normalized spacial score (nSPS) is 11.3. The van der Waals surface area contributed by atoms with Gasteiger partial charge in [-0.25, -0.2) is 9.97 Å². The average molecular weight is 368 g/mol. The number of aryl methyl sites for hydroxylation is 2. The molecule has 0 aliphatic carbocycles. The molecule has 0 bridgehead atoms. The van der Waals surface area contributed by atoms with Crippen LogP contribution in [-0.4, -0.2) is 42.5 Å². The molecule has 4 heterocycles. The minimum atomic E-state index is 0.744. The number of hydrogen-bond acceptors (Lipinski definition) is 7. The summed E-state index contributed by atoms with van der Waals surface area (Å²) in [5.74, 6) is 0.744. The van der Waals surface area contributed by atoms with Crippen molar-refractivity contribution in [3.63, 3.8) is 0 Å². The number of imidazole rings is 1. The third kappa shape index (κ3) is 3.18. The number of aromatic nitrogens is 6. The molecule has 0 fully saturated rings.